The monoisotopic (exact) mass is 165 g/mol. The second kappa shape index (κ2) is 3.80. The van der Waals surface area contributed by atoms with Gasteiger partial charge < -0.3 is 0 Å². The average Bonchev–Trinajstić information content (AvgIpc) is 1.61. The minimum Gasteiger partial charge on any atom is -0.259 e. The van der Waals surface area contributed by atoms with Crippen molar-refractivity contribution in [2.24, 2.45) is 0 Å². The minimum absolute atomic E-state index is 0.499. The Kier molecular flexibility index (Phi) is 3.59. The van der Waals surface area contributed by atoms with Crippen molar-refractivity contribution in [1.82, 2.24) is 0 Å². The van der Waals surface area contributed by atoms with Gasteiger partial charge in [0.25, 0.3) is 0 Å². The highest BCUT2D eigenvalue weighted by atomic mass is 79.9. The van der Waals surface area contributed by atoms with E-state index in [4.69, 9.17) is 0 Å². The quantitative estimate of drug-likeness (QED) is 0.351. The van der Waals surface area contributed by atoms with Gasteiger partial charge in [-0.1, -0.05) is 15.9 Å². The number of hydrogen-bond acceptors (Lipinski definition) is 2. The predicted octanol–water partition coefficient (Wildman–Crippen LogP) is 1.17. The molecule has 4 heteroatoms. The van der Waals surface area contributed by atoms with Gasteiger partial charge in [0.15, 0.2) is 0 Å². The molecule has 0 spiro atoms. The number of nitrogens with zero attached hydrogens (tertiary/aromatic N) is 1. The van der Waals surface area contributed by atoms with Crippen molar-refractivity contribution in [3.05, 3.63) is 22.4 Å². The maximum Gasteiger partial charge on any atom is 0.231 e. The Bertz CT molecular complexity index is 90.9. The molecule has 0 aliphatic carbocycles. The topological polar surface area (TPSA) is 43.1 Å². The molecule has 40 valence electrons. The molecule has 0 N–H and O–H groups in total. The van der Waals surface area contributed by atoms with Gasteiger partial charge in [-0.2, -0.15) is 0 Å². The SMILES string of the molecule is O=[N+]([O-])/C=C/CBr. The fraction of sp³-hybridized carbons (Fsp3) is 0.333. The molecule has 0 unspecified atom stereocenters. The highest BCUT2D eigenvalue weighted by molar-refractivity contribution is 9.09. The third-order valence-corrected chi connectivity index (χ3v) is 0.690. The lowest BCUT2D eigenvalue weighted by molar-refractivity contribution is -0.402. The van der Waals surface area contributed by atoms with Crippen molar-refractivity contribution < 1.29 is 4.92 Å². The Labute approximate surface area is 49.3 Å². The molecule has 0 aliphatic rings. The normalized spacial score (nSPS) is 9.86. The van der Waals surface area contributed by atoms with Crippen LogP contribution in [0.4, 0.5) is 0 Å². The van der Waals surface area contributed by atoms with Crippen LogP contribution < -0.4 is 0 Å². The molecular weight excluding hydrogens is 162 g/mol. The van der Waals surface area contributed by atoms with Crippen LogP contribution in [-0.4, -0.2) is 10.3 Å². The molecule has 0 bridgehead atoms. The van der Waals surface area contributed by atoms with Gasteiger partial charge in [0, 0.05) is 5.33 Å². The first-order chi connectivity index (χ1) is 3.27. The van der Waals surface area contributed by atoms with E-state index in [0.717, 1.165) is 6.20 Å². The summed E-state index contributed by atoms with van der Waals surface area (Å²) in [4.78, 5) is 8.96. The van der Waals surface area contributed by atoms with Crippen molar-refractivity contribution >= 4 is 15.9 Å². The van der Waals surface area contributed by atoms with Gasteiger partial charge in [-0.05, 0) is 6.08 Å². The van der Waals surface area contributed by atoms with Gasteiger partial charge in [-0.3, -0.25) is 10.1 Å². The molecule has 0 aromatic rings. The van der Waals surface area contributed by atoms with E-state index >= 15 is 0 Å². The van der Waals surface area contributed by atoms with Crippen molar-refractivity contribution in [1.29, 1.82) is 0 Å². The Morgan fingerprint density at radius 1 is 1.86 bits per heavy atom. The van der Waals surface area contributed by atoms with Gasteiger partial charge in [-0.15, -0.1) is 0 Å². The molecule has 0 saturated heterocycles. The maximum atomic E-state index is 9.46. The van der Waals surface area contributed by atoms with E-state index < -0.39 is 4.92 Å². The third-order valence-electron chi connectivity index (χ3n) is 0.316. The summed E-state index contributed by atoms with van der Waals surface area (Å²) < 4.78 is 0. The van der Waals surface area contributed by atoms with Crippen LogP contribution in [0.25, 0.3) is 0 Å². The lowest BCUT2D eigenvalue weighted by Gasteiger charge is -1.72. The van der Waals surface area contributed by atoms with Crippen molar-refractivity contribution in [2.75, 3.05) is 5.33 Å². The van der Waals surface area contributed by atoms with Gasteiger partial charge in [-0.25, -0.2) is 0 Å². The van der Waals surface area contributed by atoms with Gasteiger partial charge in [0.1, 0.15) is 0 Å². The molecule has 0 radical (unpaired) electrons. The molecule has 0 aliphatic heterocycles. The Morgan fingerprint density at radius 3 is 2.57 bits per heavy atom. The highest BCUT2D eigenvalue weighted by Crippen LogP contribution is 1.80. The summed E-state index contributed by atoms with van der Waals surface area (Å²) in [6.07, 6.45) is 2.31. The number of halogens is 1. The fourth-order valence-corrected chi connectivity index (χ4v) is 0.293. The molecule has 3 nitrogen and oxygen atoms in total. The standard InChI is InChI=1S/C3H4BrNO2/c4-2-1-3-5(6)7/h1,3H,2H2/b3-1+. The first kappa shape index (κ1) is 6.62. The van der Waals surface area contributed by atoms with Crippen LogP contribution in [0.2, 0.25) is 0 Å². The van der Waals surface area contributed by atoms with Crippen LogP contribution in [0.15, 0.2) is 12.3 Å². The first-order valence-corrected chi connectivity index (χ1v) is 2.75. The summed E-state index contributed by atoms with van der Waals surface area (Å²) in [6, 6.07) is 0. The van der Waals surface area contributed by atoms with Crippen molar-refractivity contribution in [3.63, 3.8) is 0 Å². The van der Waals surface area contributed by atoms with Crippen LogP contribution in [-0.2, 0) is 0 Å². The van der Waals surface area contributed by atoms with E-state index in [-0.39, 0.29) is 0 Å². The Morgan fingerprint density at radius 2 is 2.43 bits per heavy atom. The summed E-state index contributed by atoms with van der Waals surface area (Å²) in [5, 5.41) is 9.99. The first-order valence-electron chi connectivity index (χ1n) is 1.63. The fourth-order valence-electron chi connectivity index (χ4n) is 0.126. The largest absolute Gasteiger partial charge is 0.259 e. The third kappa shape index (κ3) is 5.62. The molecule has 0 saturated carbocycles. The molecule has 7 heavy (non-hydrogen) atoms. The zero-order valence-corrected chi connectivity index (χ0v) is 5.09. The summed E-state index contributed by atoms with van der Waals surface area (Å²) in [5.41, 5.74) is 0. The number of allylic oxidation sites excluding steroid dienone is 1. The second-order valence-corrected chi connectivity index (χ2v) is 1.47. The van der Waals surface area contributed by atoms with Crippen molar-refractivity contribution in [2.45, 2.75) is 0 Å². The van der Waals surface area contributed by atoms with E-state index in [1.165, 1.54) is 6.08 Å². The highest BCUT2D eigenvalue weighted by Gasteiger charge is 1.78. The lowest BCUT2D eigenvalue weighted by atomic mass is 10.7. The second-order valence-electron chi connectivity index (χ2n) is 0.824. The van der Waals surface area contributed by atoms with Crippen LogP contribution in [0.1, 0.15) is 0 Å². The number of nitro groups is 1. The summed E-state index contributed by atoms with van der Waals surface area (Å²) in [7, 11) is 0. The molecule has 0 atom stereocenters. The minimum atomic E-state index is -0.499. The summed E-state index contributed by atoms with van der Waals surface area (Å²) >= 11 is 2.99. The molecule has 0 aromatic heterocycles. The Balaban J connectivity index is 3.26. The van der Waals surface area contributed by atoms with Gasteiger partial charge in [0.05, 0.1) is 4.92 Å². The number of alkyl halides is 1. The number of rotatable bonds is 2. The lowest BCUT2D eigenvalue weighted by Crippen LogP contribution is -1.81. The van der Waals surface area contributed by atoms with Crippen LogP contribution in [0.3, 0.4) is 0 Å². The average molecular weight is 166 g/mol. The van der Waals surface area contributed by atoms with E-state index in [1.54, 1.807) is 0 Å². The summed E-state index contributed by atoms with van der Waals surface area (Å²) in [6.45, 7) is 0. The van der Waals surface area contributed by atoms with E-state index in [1.807, 2.05) is 0 Å². The van der Waals surface area contributed by atoms with E-state index in [2.05, 4.69) is 15.9 Å². The zero-order valence-electron chi connectivity index (χ0n) is 3.50. The van der Waals surface area contributed by atoms with Crippen LogP contribution in [0.5, 0.6) is 0 Å². The molecular formula is C3H4BrNO2. The van der Waals surface area contributed by atoms with Gasteiger partial charge >= 0.3 is 0 Å². The van der Waals surface area contributed by atoms with Gasteiger partial charge in [0.2, 0.25) is 6.20 Å². The molecule has 0 amide bonds. The van der Waals surface area contributed by atoms with E-state index in [0.29, 0.717) is 5.33 Å². The maximum absolute atomic E-state index is 9.46. The van der Waals surface area contributed by atoms with Crippen LogP contribution >= 0.6 is 15.9 Å². The van der Waals surface area contributed by atoms with Crippen LogP contribution in [0, 0.1) is 10.1 Å². The van der Waals surface area contributed by atoms with E-state index in [9.17, 15) is 10.1 Å². The zero-order chi connectivity index (χ0) is 5.70. The smallest absolute Gasteiger partial charge is 0.231 e. The van der Waals surface area contributed by atoms with Crippen molar-refractivity contribution in [3.8, 4) is 0 Å². The number of hydrogen-bond donors (Lipinski definition) is 0. The molecule has 0 aromatic carbocycles. The summed E-state index contributed by atoms with van der Waals surface area (Å²) in [5.74, 6) is 0. The molecule has 0 heterocycles. The Hall–Kier alpha value is -0.380. The predicted molar refractivity (Wildman–Crippen MR) is 29.9 cm³/mol. The molecule has 0 rings (SSSR count). The molecule has 0 fully saturated rings.